The average Bonchev–Trinajstić information content (AvgIpc) is 2.52. The summed E-state index contributed by atoms with van der Waals surface area (Å²) in [5, 5.41) is 3.04. The quantitative estimate of drug-likeness (QED) is 0.546. The first kappa shape index (κ1) is 17.6. The van der Waals surface area contributed by atoms with Gasteiger partial charge in [-0.25, -0.2) is 4.79 Å². The largest absolute Gasteiger partial charge is 0.480 e. The number of benzene rings is 2. The van der Waals surface area contributed by atoms with Crippen LogP contribution in [-0.2, 0) is 14.3 Å². The van der Waals surface area contributed by atoms with Gasteiger partial charge in [-0.15, -0.1) is 0 Å². The minimum atomic E-state index is -0.650. The standard InChI is InChI=1S/C16H13ClINO4/c17-13-6-1-2-7-14(13)22-10-16(21)23-9-15(20)19-12-5-3-4-11(18)8-12/h1-8H,9-10H2,(H,19,20). The minimum Gasteiger partial charge on any atom is -0.480 e. The molecule has 0 heterocycles. The summed E-state index contributed by atoms with van der Waals surface area (Å²) in [5.74, 6) is -0.685. The molecule has 1 amide bonds. The first-order valence-electron chi connectivity index (χ1n) is 6.63. The molecule has 7 heteroatoms. The van der Waals surface area contributed by atoms with E-state index in [0.29, 0.717) is 16.5 Å². The second kappa shape index (κ2) is 8.73. The van der Waals surface area contributed by atoms with Gasteiger partial charge in [0.15, 0.2) is 13.2 Å². The zero-order chi connectivity index (χ0) is 16.7. The lowest BCUT2D eigenvalue weighted by atomic mass is 10.3. The first-order valence-corrected chi connectivity index (χ1v) is 8.08. The van der Waals surface area contributed by atoms with Crippen LogP contribution >= 0.6 is 34.2 Å². The van der Waals surface area contributed by atoms with Gasteiger partial charge in [0, 0.05) is 9.26 Å². The van der Waals surface area contributed by atoms with Crippen LogP contribution in [0.1, 0.15) is 0 Å². The number of ether oxygens (including phenoxy) is 2. The highest BCUT2D eigenvalue weighted by atomic mass is 127. The molecular weight excluding hydrogens is 433 g/mol. The molecule has 0 bridgehead atoms. The lowest BCUT2D eigenvalue weighted by molar-refractivity contribution is -0.149. The maximum Gasteiger partial charge on any atom is 0.344 e. The van der Waals surface area contributed by atoms with E-state index in [1.54, 1.807) is 36.4 Å². The summed E-state index contributed by atoms with van der Waals surface area (Å²) < 4.78 is 11.1. The first-order chi connectivity index (χ1) is 11.0. The van der Waals surface area contributed by atoms with Crippen LogP contribution < -0.4 is 10.1 Å². The van der Waals surface area contributed by atoms with Crippen LogP contribution in [0.5, 0.6) is 5.75 Å². The second-order valence-corrected chi connectivity index (χ2v) is 6.09. The Bertz CT molecular complexity index is 708. The fraction of sp³-hybridized carbons (Fsp3) is 0.125. The molecule has 0 aliphatic heterocycles. The van der Waals surface area contributed by atoms with Crippen LogP contribution in [-0.4, -0.2) is 25.1 Å². The topological polar surface area (TPSA) is 64.6 Å². The van der Waals surface area contributed by atoms with Gasteiger partial charge in [0.2, 0.25) is 0 Å². The van der Waals surface area contributed by atoms with Crippen LogP contribution in [0.25, 0.3) is 0 Å². The van der Waals surface area contributed by atoms with Crippen molar-refractivity contribution in [2.45, 2.75) is 0 Å². The molecule has 0 saturated carbocycles. The van der Waals surface area contributed by atoms with E-state index in [0.717, 1.165) is 3.57 Å². The predicted octanol–water partition coefficient (Wildman–Crippen LogP) is 3.51. The zero-order valence-corrected chi connectivity index (χ0v) is 14.8. The summed E-state index contributed by atoms with van der Waals surface area (Å²) in [6.45, 7) is -0.698. The summed E-state index contributed by atoms with van der Waals surface area (Å²) in [6.07, 6.45) is 0. The normalized spacial score (nSPS) is 10.0. The summed E-state index contributed by atoms with van der Waals surface area (Å²) in [6, 6.07) is 14.1. The van der Waals surface area contributed by atoms with Gasteiger partial charge >= 0.3 is 5.97 Å². The molecule has 0 saturated heterocycles. The van der Waals surface area contributed by atoms with Crippen molar-refractivity contribution < 1.29 is 19.1 Å². The van der Waals surface area contributed by atoms with Gasteiger partial charge in [-0.3, -0.25) is 4.79 Å². The molecule has 23 heavy (non-hydrogen) atoms. The number of amides is 1. The van der Waals surface area contributed by atoms with Crippen molar-refractivity contribution in [2.75, 3.05) is 18.5 Å². The number of anilines is 1. The van der Waals surface area contributed by atoms with Gasteiger partial charge in [0.1, 0.15) is 5.75 Å². The fourth-order valence-corrected chi connectivity index (χ4v) is 2.38. The van der Waals surface area contributed by atoms with Crippen molar-refractivity contribution in [1.29, 1.82) is 0 Å². The summed E-state index contributed by atoms with van der Waals surface area (Å²) in [4.78, 5) is 23.3. The molecule has 0 fully saturated rings. The highest BCUT2D eigenvalue weighted by Crippen LogP contribution is 2.22. The number of carbonyl (C=O) groups is 2. The molecule has 0 spiro atoms. The van der Waals surface area contributed by atoms with Gasteiger partial charge in [-0.05, 0) is 52.9 Å². The van der Waals surface area contributed by atoms with E-state index < -0.39 is 11.9 Å². The molecule has 1 N–H and O–H groups in total. The third kappa shape index (κ3) is 6.07. The third-order valence-corrected chi connectivity index (χ3v) is 3.64. The second-order valence-electron chi connectivity index (χ2n) is 4.44. The molecule has 2 aromatic carbocycles. The van der Waals surface area contributed by atoms with E-state index in [2.05, 4.69) is 27.9 Å². The summed E-state index contributed by atoms with van der Waals surface area (Å²) in [7, 11) is 0. The van der Waals surface area contributed by atoms with Gasteiger partial charge in [0.25, 0.3) is 5.91 Å². The maximum atomic E-state index is 11.7. The Kier molecular flexibility index (Phi) is 6.66. The molecule has 120 valence electrons. The molecule has 0 aliphatic rings. The van der Waals surface area contributed by atoms with Gasteiger partial charge in [0.05, 0.1) is 5.02 Å². The lowest BCUT2D eigenvalue weighted by Crippen LogP contribution is -2.23. The fourth-order valence-electron chi connectivity index (χ4n) is 1.65. The monoisotopic (exact) mass is 445 g/mol. The van der Waals surface area contributed by atoms with Crippen molar-refractivity contribution in [2.24, 2.45) is 0 Å². The van der Waals surface area contributed by atoms with Crippen molar-refractivity contribution in [3.63, 3.8) is 0 Å². The van der Waals surface area contributed by atoms with E-state index in [9.17, 15) is 9.59 Å². The van der Waals surface area contributed by atoms with Gasteiger partial charge in [-0.2, -0.15) is 0 Å². The SMILES string of the molecule is O=C(COC(=O)COc1ccccc1Cl)Nc1cccc(I)c1. The zero-order valence-electron chi connectivity index (χ0n) is 11.9. The van der Waals surface area contributed by atoms with Crippen molar-refractivity contribution in [3.8, 4) is 5.75 Å². The third-order valence-electron chi connectivity index (χ3n) is 2.65. The van der Waals surface area contributed by atoms with Crippen LogP contribution in [0.15, 0.2) is 48.5 Å². The lowest BCUT2D eigenvalue weighted by Gasteiger charge is -2.09. The predicted molar refractivity (Wildman–Crippen MR) is 95.7 cm³/mol. The van der Waals surface area contributed by atoms with Crippen LogP contribution in [0.2, 0.25) is 5.02 Å². The summed E-state index contributed by atoms with van der Waals surface area (Å²) in [5.41, 5.74) is 0.644. The Balaban J connectivity index is 1.74. The van der Waals surface area contributed by atoms with E-state index in [4.69, 9.17) is 21.1 Å². The Hall–Kier alpha value is -1.80. The number of hydrogen-bond acceptors (Lipinski definition) is 4. The Labute approximate surface area is 152 Å². The number of carbonyl (C=O) groups excluding carboxylic acids is 2. The Morgan fingerprint density at radius 1 is 1.09 bits per heavy atom. The smallest absolute Gasteiger partial charge is 0.344 e. The molecular formula is C16H13ClINO4. The van der Waals surface area contributed by atoms with Crippen molar-refractivity contribution in [1.82, 2.24) is 0 Å². The van der Waals surface area contributed by atoms with Crippen LogP contribution in [0.3, 0.4) is 0 Å². The van der Waals surface area contributed by atoms with Crippen LogP contribution in [0.4, 0.5) is 5.69 Å². The Morgan fingerprint density at radius 2 is 1.87 bits per heavy atom. The molecule has 2 aromatic rings. The van der Waals surface area contributed by atoms with E-state index in [1.807, 2.05) is 12.1 Å². The number of para-hydroxylation sites is 1. The number of halogens is 2. The molecule has 5 nitrogen and oxygen atoms in total. The Morgan fingerprint density at radius 3 is 2.61 bits per heavy atom. The number of rotatable bonds is 6. The summed E-state index contributed by atoms with van der Waals surface area (Å²) >= 11 is 8.04. The average molecular weight is 446 g/mol. The van der Waals surface area contributed by atoms with Crippen molar-refractivity contribution in [3.05, 3.63) is 57.1 Å². The van der Waals surface area contributed by atoms with E-state index in [-0.39, 0.29) is 13.2 Å². The molecule has 0 radical (unpaired) electrons. The van der Waals surface area contributed by atoms with E-state index >= 15 is 0 Å². The molecule has 0 aromatic heterocycles. The molecule has 0 aliphatic carbocycles. The number of esters is 1. The highest BCUT2D eigenvalue weighted by Gasteiger charge is 2.10. The number of hydrogen-bond donors (Lipinski definition) is 1. The minimum absolute atomic E-state index is 0.319. The van der Waals surface area contributed by atoms with Gasteiger partial charge < -0.3 is 14.8 Å². The highest BCUT2D eigenvalue weighted by molar-refractivity contribution is 14.1. The number of nitrogens with one attached hydrogen (secondary N) is 1. The van der Waals surface area contributed by atoms with Crippen LogP contribution in [0, 0.1) is 3.57 Å². The van der Waals surface area contributed by atoms with Gasteiger partial charge in [-0.1, -0.05) is 29.8 Å². The maximum absolute atomic E-state index is 11.7. The van der Waals surface area contributed by atoms with Crippen molar-refractivity contribution >= 4 is 51.8 Å². The van der Waals surface area contributed by atoms with E-state index in [1.165, 1.54) is 0 Å². The molecule has 0 unspecified atom stereocenters. The molecule has 2 rings (SSSR count). The molecule has 0 atom stereocenters.